The number of pyridine rings is 1. The molecular formula is C35H36F3N5O4. The quantitative estimate of drug-likeness (QED) is 0.257. The number of benzene rings is 2. The Kier molecular flexibility index (Phi) is 7.19. The molecule has 4 aliphatic rings. The number of aromatic nitrogens is 3. The average Bonchev–Trinajstić information content (AvgIpc) is 3.53. The van der Waals surface area contributed by atoms with Crippen molar-refractivity contribution in [2.45, 2.75) is 50.7 Å². The maximum Gasteiger partial charge on any atom is 0.319 e. The number of ether oxygens (including phenoxy) is 2. The smallest absolute Gasteiger partial charge is 0.319 e. The number of rotatable bonds is 7. The number of fused-ring (bicyclic) bond motifs is 4. The molecule has 3 saturated heterocycles. The number of piperidine rings is 1. The van der Waals surface area contributed by atoms with Crippen molar-refractivity contribution in [3.63, 3.8) is 0 Å². The van der Waals surface area contributed by atoms with E-state index in [0.717, 1.165) is 25.8 Å². The van der Waals surface area contributed by atoms with E-state index in [4.69, 9.17) is 14.5 Å². The van der Waals surface area contributed by atoms with Crippen LogP contribution in [0.1, 0.15) is 38.2 Å². The summed E-state index contributed by atoms with van der Waals surface area (Å²) in [5, 5.41) is 12.0. The minimum absolute atomic E-state index is 0.0287. The van der Waals surface area contributed by atoms with Gasteiger partial charge in [0, 0.05) is 37.8 Å². The van der Waals surface area contributed by atoms with Crippen LogP contribution in [-0.2, 0) is 16.0 Å². The van der Waals surface area contributed by atoms with E-state index in [9.17, 15) is 18.7 Å². The number of halogens is 3. The Morgan fingerprint density at radius 3 is 2.81 bits per heavy atom. The second-order valence-electron chi connectivity index (χ2n) is 13.5. The van der Waals surface area contributed by atoms with Gasteiger partial charge in [0.15, 0.2) is 5.82 Å². The van der Waals surface area contributed by atoms with Crippen molar-refractivity contribution < 1.29 is 32.5 Å². The lowest BCUT2D eigenvalue weighted by molar-refractivity contribution is -0.142. The monoisotopic (exact) mass is 647 g/mol. The lowest BCUT2D eigenvalue weighted by Crippen LogP contribution is -2.43. The molecule has 0 amide bonds. The molecule has 5 atom stereocenters. The van der Waals surface area contributed by atoms with Gasteiger partial charge in [0.05, 0.1) is 24.0 Å². The molecule has 4 aromatic rings. The maximum atomic E-state index is 16.9. The van der Waals surface area contributed by atoms with Gasteiger partial charge in [-0.1, -0.05) is 13.0 Å². The Labute approximate surface area is 269 Å². The molecule has 246 valence electrons. The van der Waals surface area contributed by atoms with Crippen LogP contribution in [0.2, 0.25) is 0 Å². The zero-order chi connectivity index (χ0) is 32.6. The zero-order valence-electron chi connectivity index (χ0n) is 26.3. The van der Waals surface area contributed by atoms with Gasteiger partial charge in [0.1, 0.15) is 41.4 Å². The third-order valence-electron chi connectivity index (χ3n) is 10.9. The Morgan fingerprint density at radius 1 is 1.15 bits per heavy atom. The van der Waals surface area contributed by atoms with Crippen molar-refractivity contribution in [1.82, 2.24) is 19.9 Å². The zero-order valence-corrected chi connectivity index (χ0v) is 26.3. The number of carbonyl (C=O) groups is 1. The molecule has 1 N–H and O–H groups in total. The Balaban J connectivity index is 1.24. The largest absolute Gasteiger partial charge is 0.508 e. The minimum atomic E-state index is -0.935. The van der Waals surface area contributed by atoms with E-state index in [1.54, 1.807) is 6.07 Å². The third-order valence-corrected chi connectivity index (χ3v) is 10.9. The van der Waals surface area contributed by atoms with Crippen molar-refractivity contribution in [2.75, 3.05) is 44.8 Å². The average molecular weight is 648 g/mol. The fourth-order valence-electron chi connectivity index (χ4n) is 8.61. The van der Waals surface area contributed by atoms with Crippen LogP contribution in [0.3, 0.4) is 0 Å². The summed E-state index contributed by atoms with van der Waals surface area (Å²) in [4.78, 5) is 30.4. The first-order chi connectivity index (χ1) is 22.7. The molecule has 9 nitrogen and oxygen atoms in total. The molecule has 4 fully saturated rings. The third kappa shape index (κ3) is 4.86. The summed E-state index contributed by atoms with van der Waals surface area (Å²) < 4.78 is 57.6. The number of aromatic hydroxyl groups is 1. The van der Waals surface area contributed by atoms with Crippen LogP contribution in [0.5, 0.6) is 11.8 Å². The van der Waals surface area contributed by atoms with Crippen LogP contribution in [0.25, 0.3) is 32.9 Å². The highest BCUT2D eigenvalue weighted by Gasteiger charge is 2.57. The van der Waals surface area contributed by atoms with Crippen molar-refractivity contribution in [1.29, 1.82) is 0 Å². The Morgan fingerprint density at radius 2 is 2.00 bits per heavy atom. The van der Waals surface area contributed by atoms with Gasteiger partial charge in [0.2, 0.25) is 0 Å². The number of anilines is 1. The summed E-state index contributed by atoms with van der Waals surface area (Å²) in [7, 11) is 1.39. The summed E-state index contributed by atoms with van der Waals surface area (Å²) in [5.74, 6) is -0.919. The summed E-state index contributed by atoms with van der Waals surface area (Å²) in [5.41, 5.74) is 0.0675. The molecule has 1 aliphatic carbocycles. The number of carbonyl (C=O) groups excluding carboxylic acids is 1. The number of methoxy groups -OCH3 is 1. The van der Waals surface area contributed by atoms with Gasteiger partial charge in [-0.25, -0.2) is 13.2 Å². The van der Waals surface area contributed by atoms with Crippen LogP contribution < -0.4 is 9.64 Å². The highest BCUT2D eigenvalue weighted by atomic mass is 19.1. The predicted molar refractivity (Wildman–Crippen MR) is 169 cm³/mol. The molecule has 47 heavy (non-hydrogen) atoms. The fraction of sp³-hybridized carbons (Fsp3) is 0.486. The van der Waals surface area contributed by atoms with E-state index in [1.165, 1.54) is 31.5 Å². The van der Waals surface area contributed by atoms with E-state index in [1.807, 2.05) is 11.8 Å². The molecule has 0 radical (unpaired) electrons. The van der Waals surface area contributed by atoms with Crippen LogP contribution in [0, 0.1) is 29.4 Å². The first-order valence-electron chi connectivity index (χ1n) is 16.4. The van der Waals surface area contributed by atoms with Gasteiger partial charge >= 0.3 is 12.0 Å². The molecule has 5 heterocycles. The van der Waals surface area contributed by atoms with E-state index >= 15 is 4.39 Å². The second-order valence-corrected chi connectivity index (χ2v) is 13.5. The molecular weight excluding hydrogens is 611 g/mol. The molecule has 1 saturated carbocycles. The number of alkyl halides is 1. The first-order valence-corrected chi connectivity index (χ1v) is 16.4. The van der Waals surface area contributed by atoms with Crippen LogP contribution in [0.4, 0.5) is 19.0 Å². The topological polar surface area (TPSA) is 101 Å². The van der Waals surface area contributed by atoms with Crippen molar-refractivity contribution in [3.05, 3.63) is 47.7 Å². The predicted octanol–water partition coefficient (Wildman–Crippen LogP) is 5.59. The van der Waals surface area contributed by atoms with Gasteiger partial charge in [-0.2, -0.15) is 9.97 Å². The SMILES string of the molecule is CCc1c(F)ccc2cc(O)cc(-c3ncc4c(N5CC[C@H]6[C@@H](C5)[C@H]6C(=O)OC)nc(OC[C@@]56CCCN5C[C@H](F)C6)nc4c3F)c12. The lowest BCUT2D eigenvalue weighted by atomic mass is 9.94. The van der Waals surface area contributed by atoms with E-state index in [2.05, 4.69) is 14.9 Å². The molecule has 3 aliphatic heterocycles. The van der Waals surface area contributed by atoms with Gasteiger partial charge in [-0.3, -0.25) is 14.7 Å². The lowest BCUT2D eigenvalue weighted by Gasteiger charge is -2.31. The van der Waals surface area contributed by atoms with Gasteiger partial charge in [0.25, 0.3) is 0 Å². The first kappa shape index (κ1) is 30.2. The normalized spacial score (nSPS) is 26.9. The number of nitrogens with zero attached hydrogens (tertiary/aromatic N) is 5. The number of hydrogen-bond acceptors (Lipinski definition) is 9. The molecule has 2 aromatic carbocycles. The number of hydrogen-bond donors (Lipinski definition) is 1. The summed E-state index contributed by atoms with van der Waals surface area (Å²) >= 11 is 0. The summed E-state index contributed by atoms with van der Waals surface area (Å²) in [6.07, 6.45) is 3.77. The highest BCUT2D eigenvalue weighted by molar-refractivity contribution is 6.01. The van der Waals surface area contributed by atoms with Crippen molar-refractivity contribution in [3.8, 4) is 23.0 Å². The van der Waals surface area contributed by atoms with Crippen molar-refractivity contribution in [2.24, 2.45) is 17.8 Å². The van der Waals surface area contributed by atoms with E-state index in [-0.39, 0.29) is 58.9 Å². The molecule has 8 rings (SSSR count). The Bertz CT molecular complexity index is 1930. The van der Waals surface area contributed by atoms with E-state index < -0.39 is 23.3 Å². The number of aryl methyl sites for hydroxylation is 1. The van der Waals surface area contributed by atoms with Crippen LogP contribution in [-0.4, -0.2) is 82.5 Å². The summed E-state index contributed by atoms with van der Waals surface area (Å²) in [6, 6.07) is 5.77. The van der Waals surface area contributed by atoms with E-state index in [0.29, 0.717) is 60.0 Å². The summed E-state index contributed by atoms with van der Waals surface area (Å²) in [6.45, 7) is 4.26. The number of esters is 1. The minimum Gasteiger partial charge on any atom is -0.508 e. The molecule has 12 heteroatoms. The molecule has 0 spiro atoms. The van der Waals surface area contributed by atoms with Crippen molar-refractivity contribution >= 4 is 33.5 Å². The van der Waals surface area contributed by atoms with Gasteiger partial charge in [-0.05, 0) is 78.6 Å². The standard InChI is InChI=1S/C35H36F3N5O4/c1-3-21-26(37)6-5-18-11-20(44)12-23(27(18)21)30-29(38)31-24(14-39-30)32(42-10-7-22-25(16-42)28(22)33(45)46-2)41-34(40-31)47-17-35-8-4-9-43(35)15-19(36)13-35/h5-6,11-12,14,19,22,25,28,44H,3-4,7-10,13,15-17H2,1-2H3/t19-,22+,25-,28+,35+/m1/s1. The van der Waals surface area contributed by atoms with Crippen LogP contribution in [0.15, 0.2) is 30.5 Å². The molecule has 0 bridgehead atoms. The molecule has 2 aromatic heterocycles. The van der Waals surface area contributed by atoms with Crippen LogP contribution >= 0.6 is 0 Å². The highest BCUT2D eigenvalue weighted by Crippen LogP contribution is 2.53. The maximum absolute atomic E-state index is 16.9. The fourth-order valence-corrected chi connectivity index (χ4v) is 8.61. The number of phenolic OH excluding ortho intramolecular Hbond substituents is 1. The number of phenols is 1. The Hall–Kier alpha value is -4.19. The van der Waals surface area contributed by atoms with Gasteiger partial charge in [-0.15, -0.1) is 0 Å². The second kappa shape index (κ2) is 11.2. The van der Waals surface area contributed by atoms with Gasteiger partial charge < -0.3 is 19.5 Å². The molecule has 0 unspecified atom stereocenters.